The maximum absolute atomic E-state index is 13.2. The van der Waals surface area contributed by atoms with E-state index in [1.165, 1.54) is 24.3 Å². The standard InChI is InChI=1S/C30H28ClN3O5/c1-4-16-39-30(38)19-12-14-22(15-13-19)34-28(36)25(31)26(29(34)37)32-21-9-7-8-20(17-21)27(35)33-24-11-6-5-10-23(24)18(2)3/h5-15,17-18,32H,4,16H2,1-3H3,(H,33,35). The lowest BCUT2D eigenvalue weighted by molar-refractivity contribution is -0.120. The molecule has 0 atom stereocenters. The van der Waals surface area contributed by atoms with Crippen molar-refractivity contribution < 1.29 is 23.9 Å². The number of nitrogens with zero attached hydrogens (tertiary/aromatic N) is 1. The van der Waals surface area contributed by atoms with Gasteiger partial charge in [0.2, 0.25) is 0 Å². The van der Waals surface area contributed by atoms with E-state index in [0.29, 0.717) is 29.8 Å². The van der Waals surface area contributed by atoms with E-state index < -0.39 is 17.8 Å². The summed E-state index contributed by atoms with van der Waals surface area (Å²) in [5, 5.41) is 5.55. The molecule has 0 radical (unpaired) electrons. The predicted molar refractivity (Wildman–Crippen MR) is 151 cm³/mol. The smallest absolute Gasteiger partial charge is 0.338 e. The Labute approximate surface area is 231 Å². The van der Waals surface area contributed by atoms with Crippen molar-refractivity contribution >= 4 is 52.4 Å². The highest BCUT2D eigenvalue weighted by atomic mass is 35.5. The molecular formula is C30H28ClN3O5. The van der Waals surface area contributed by atoms with Crippen LogP contribution in [0.15, 0.2) is 83.5 Å². The quantitative estimate of drug-likeness (QED) is 0.250. The third-order valence-electron chi connectivity index (χ3n) is 6.05. The van der Waals surface area contributed by atoms with Gasteiger partial charge in [0.1, 0.15) is 10.7 Å². The van der Waals surface area contributed by atoms with Crippen molar-refractivity contribution in [3.63, 3.8) is 0 Å². The highest BCUT2D eigenvalue weighted by molar-refractivity contribution is 6.53. The Balaban J connectivity index is 1.50. The molecule has 0 spiro atoms. The zero-order valence-electron chi connectivity index (χ0n) is 21.8. The van der Waals surface area contributed by atoms with Gasteiger partial charge in [0.25, 0.3) is 17.7 Å². The average Bonchev–Trinajstić information content (AvgIpc) is 3.15. The second kappa shape index (κ2) is 12.0. The minimum atomic E-state index is -0.704. The van der Waals surface area contributed by atoms with Gasteiger partial charge in [0.15, 0.2) is 0 Å². The zero-order valence-corrected chi connectivity index (χ0v) is 22.5. The molecule has 0 saturated heterocycles. The number of carbonyl (C=O) groups is 4. The topological polar surface area (TPSA) is 105 Å². The molecule has 0 unspecified atom stereocenters. The van der Waals surface area contributed by atoms with Crippen LogP contribution < -0.4 is 15.5 Å². The first-order valence-corrected chi connectivity index (χ1v) is 12.9. The van der Waals surface area contributed by atoms with Crippen LogP contribution in [-0.2, 0) is 14.3 Å². The van der Waals surface area contributed by atoms with E-state index in [9.17, 15) is 19.2 Å². The summed E-state index contributed by atoms with van der Waals surface area (Å²) in [5.41, 5.74) is 2.94. The summed E-state index contributed by atoms with van der Waals surface area (Å²) >= 11 is 6.27. The number of para-hydroxylation sites is 1. The Morgan fingerprint density at radius 2 is 1.64 bits per heavy atom. The van der Waals surface area contributed by atoms with Crippen LogP contribution in [0.4, 0.5) is 17.1 Å². The number of ether oxygens (including phenoxy) is 1. The fraction of sp³-hybridized carbons (Fsp3) is 0.200. The van der Waals surface area contributed by atoms with Gasteiger partial charge in [-0.2, -0.15) is 0 Å². The predicted octanol–water partition coefficient (Wildman–Crippen LogP) is 6.06. The van der Waals surface area contributed by atoms with Gasteiger partial charge in [-0.05, 0) is 66.4 Å². The highest BCUT2D eigenvalue weighted by Gasteiger charge is 2.39. The number of anilines is 3. The molecule has 8 nitrogen and oxygen atoms in total. The maximum atomic E-state index is 13.2. The van der Waals surface area contributed by atoms with E-state index in [-0.39, 0.29) is 28.2 Å². The SMILES string of the molecule is CCCOC(=O)c1ccc(N2C(=O)C(Cl)=C(Nc3cccc(C(=O)Nc4ccccc4C(C)C)c3)C2=O)cc1. The third-order valence-corrected chi connectivity index (χ3v) is 6.40. The molecule has 0 fully saturated rings. The van der Waals surface area contributed by atoms with Gasteiger partial charge in [-0.25, -0.2) is 9.69 Å². The van der Waals surface area contributed by atoms with Crippen molar-refractivity contribution in [3.05, 3.63) is 100 Å². The molecule has 1 aliphatic rings. The Bertz CT molecular complexity index is 1460. The van der Waals surface area contributed by atoms with Crippen molar-refractivity contribution in [3.8, 4) is 0 Å². The molecule has 1 heterocycles. The van der Waals surface area contributed by atoms with Crippen LogP contribution in [0.5, 0.6) is 0 Å². The molecule has 9 heteroatoms. The van der Waals surface area contributed by atoms with E-state index in [1.807, 2.05) is 45.0 Å². The van der Waals surface area contributed by atoms with E-state index in [0.717, 1.165) is 16.2 Å². The van der Waals surface area contributed by atoms with Gasteiger partial charge in [-0.3, -0.25) is 14.4 Å². The van der Waals surface area contributed by atoms with E-state index in [4.69, 9.17) is 16.3 Å². The minimum Gasteiger partial charge on any atom is -0.462 e. The molecule has 3 aromatic carbocycles. The van der Waals surface area contributed by atoms with Crippen molar-refractivity contribution in [2.75, 3.05) is 22.1 Å². The summed E-state index contributed by atoms with van der Waals surface area (Å²) in [6.45, 7) is 6.28. The maximum Gasteiger partial charge on any atom is 0.338 e. The first-order chi connectivity index (χ1) is 18.7. The second-order valence-electron chi connectivity index (χ2n) is 9.22. The molecule has 2 N–H and O–H groups in total. The van der Waals surface area contributed by atoms with E-state index in [2.05, 4.69) is 10.6 Å². The van der Waals surface area contributed by atoms with Crippen molar-refractivity contribution in [1.29, 1.82) is 0 Å². The number of hydrogen-bond donors (Lipinski definition) is 2. The van der Waals surface area contributed by atoms with Gasteiger partial charge in [0, 0.05) is 16.9 Å². The van der Waals surface area contributed by atoms with Crippen LogP contribution in [0.25, 0.3) is 0 Å². The molecule has 39 heavy (non-hydrogen) atoms. The summed E-state index contributed by atoms with van der Waals surface area (Å²) in [5.74, 6) is -1.95. The lowest BCUT2D eigenvalue weighted by Gasteiger charge is -2.16. The molecule has 3 aromatic rings. The largest absolute Gasteiger partial charge is 0.462 e. The molecule has 0 aromatic heterocycles. The van der Waals surface area contributed by atoms with Gasteiger partial charge < -0.3 is 15.4 Å². The van der Waals surface area contributed by atoms with Crippen LogP contribution in [0.2, 0.25) is 0 Å². The van der Waals surface area contributed by atoms with Gasteiger partial charge in [-0.15, -0.1) is 0 Å². The fourth-order valence-corrected chi connectivity index (χ4v) is 4.27. The number of halogens is 1. The average molecular weight is 546 g/mol. The number of esters is 1. The number of amides is 3. The van der Waals surface area contributed by atoms with Gasteiger partial charge in [-0.1, -0.05) is 56.6 Å². The van der Waals surface area contributed by atoms with Crippen LogP contribution in [0.3, 0.4) is 0 Å². The third kappa shape index (κ3) is 6.02. The van der Waals surface area contributed by atoms with Gasteiger partial charge in [0.05, 0.1) is 17.9 Å². The summed E-state index contributed by atoms with van der Waals surface area (Å²) in [6, 6.07) is 20.0. The Morgan fingerprint density at radius 1 is 0.923 bits per heavy atom. The Kier molecular flexibility index (Phi) is 8.46. The molecule has 1 aliphatic heterocycles. The van der Waals surface area contributed by atoms with E-state index >= 15 is 0 Å². The van der Waals surface area contributed by atoms with Crippen LogP contribution in [-0.4, -0.2) is 30.3 Å². The normalized spacial score (nSPS) is 13.2. The number of benzene rings is 3. The minimum absolute atomic E-state index is 0.115. The molecule has 4 rings (SSSR count). The number of imide groups is 1. The van der Waals surface area contributed by atoms with Crippen molar-refractivity contribution in [2.24, 2.45) is 0 Å². The lowest BCUT2D eigenvalue weighted by atomic mass is 10.0. The Hall–Kier alpha value is -4.43. The van der Waals surface area contributed by atoms with E-state index in [1.54, 1.807) is 24.3 Å². The lowest BCUT2D eigenvalue weighted by Crippen LogP contribution is -2.32. The molecular weight excluding hydrogens is 518 g/mol. The summed E-state index contributed by atoms with van der Waals surface area (Å²) < 4.78 is 5.11. The Morgan fingerprint density at radius 3 is 2.33 bits per heavy atom. The summed E-state index contributed by atoms with van der Waals surface area (Å²) in [4.78, 5) is 52.0. The second-order valence-corrected chi connectivity index (χ2v) is 9.60. The van der Waals surface area contributed by atoms with Crippen molar-refractivity contribution in [2.45, 2.75) is 33.1 Å². The van der Waals surface area contributed by atoms with Crippen LogP contribution in [0.1, 0.15) is 59.4 Å². The molecule has 0 saturated carbocycles. The number of rotatable bonds is 9. The van der Waals surface area contributed by atoms with Crippen LogP contribution in [0, 0.1) is 0 Å². The number of nitrogens with one attached hydrogen (secondary N) is 2. The monoisotopic (exact) mass is 545 g/mol. The molecule has 3 amide bonds. The van der Waals surface area contributed by atoms with Gasteiger partial charge >= 0.3 is 5.97 Å². The number of hydrogen-bond acceptors (Lipinski definition) is 6. The van der Waals surface area contributed by atoms with Crippen LogP contribution >= 0.6 is 11.6 Å². The summed E-state index contributed by atoms with van der Waals surface area (Å²) in [7, 11) is 0. The summed E-state index contributed by atoms with van der Waals surface area (Å²) in [6.07, 6.45) is 0.695. The first-order valence-electron chi connectivity index (χ1n) is 12.5. The first kappa shape index (κ1) is 27.6. The number of carbonyl (C=O) groups excluding carboxylic acids is 4. The highest BCUT2D eigenvalue weighted by Crippen LogP contribution is 2.31. The van der Waals surface area contributed by atoms with Crippen molar-refractivity contribution in [1.82, 2.24) is 0 Å². The fourth-order valence-electron chi connectivity index (χ4n) is 4.06. The zero-order chi connectivity index (χ0) is 28.1. The molecule has 0 aliphatic carbocycles. The molecule has 200 valence electrons. The molecule has 0 bridgehead atoms.